The summed E-state index contributed by atoms with van der Waals surface area (Å²) in [6, 6.07) is 0. The summed E-state index contributed by atoms with van der Waals surface area (Å²) in [5, 5.41) is 11.2. The summed E-state index contributed by atoms with van der Waals surface area (Å²) in [6.07, 6.45) is 6.71. The fourth-order valence-corrected chi connectivity index (χ4v) is 5.63. The zero-order valence-electron chi connectivity index (χ0n) is 14.5. The van der Waals surface area contributed by atoms with Gasteiger partial charge in [-0.05, 0) is 55.8 Å². The van der Waals surface area contributed by atoms with Crippen LogP contribution in [0.2, 0.25) is 0 Å². The summed E-state index contributed by atoms with van der Waals surface area (Å²) < 4.78 is 0. The zero-order valence-corrected chi connectivity index (χ0v) is 14.5. The fraction of sp³-hybridized carbons (Fsp3) is 0.700. The van der Waals surface area contributed by atoms with Crippen molar-refractivity contribution < 1.29 is 14.7 Å². The second-order valence-electron chi connectivity index (χ2n) is 8.45. The quantitative estimate of drug-likeness (QED) is 0.627. The summed E-state index contributed by atoms with van der Waals surface area (Å²) >= 11 is 0. The van der Waals surface area contributed by atoms with Crippen LogP contribution in [0.5, 0.6) is 0 Å². The van der Waals surface area contributed by atoms with E-state index in [1.54, 1.807) is 0 Å². The third-order valence-corrected chi connectivity index (χ3v) is 7.04. The van der Waals surface area contributed by atoms with Crippen molar-refractivity contribution in [3.8, 4) is 0 Å². The van der Waals surface area contributed by atoms with Crippen LogP contribution < -0.4 is 0 Å². The van der Waals surface area contributed by atoms with Gasteiger partial charge in [-0.15, -0.1) is 0 Å². The number of allylic oxidation sites excluding steroid dienone is 2. The lowest BCUT2D eigenvalue weighted by Gasteiger charge is -2.43. The molecule has 23 heavy (non-hydrogen) atoms. The van der Waals surface area contributed by atoms with E-state index in [0.29, 0.717) is 30.1 Å². The molecular weight excluding hydrogens is 288 g/mol. The predicted octanol–water partition coefficient (Wildman–Crippen LogP) is 3.47. The Morgan fingerprint density at radius 2 is 2.13 bits per heavy atom. The minimum Gasteiger partial charge on any atom is -0.377 e. The Balaban J connectivity index is 2.08. The molecule has 126 valence electrons. The summed E-state index contributed by atoms with van der Waals surface area (Å²) in [4.78, 5) is 24.1. The lowest BCUT2D eigenvalue weighted by molar-refractivity contribution is -0.135. The van der Waals surface area contributed by atoms with Gasteiger partial charge in [-0.1, -0.05) is 32.1 Å². The molecule has 0 spiro atoms. The number of ketones is 1. The molecule has 0 heterocycles. The van der Waals surface area contributed by atoms with Gasteiger partial charge in [0.25, 0.3) is 0 Å². The Morgan fingerprint density at radius 3 is 2.74 bits per heavy atom. The summed E-state index contributed by atoms with van der Waals surface area (Å²) in [5.41, 5.74) is 0.0557. The Kier molecular flexibility index (Phi) is 3.91. The second-order valence-corrected chi connectivity index (χ2v) is 8.45. The largest absolute Gasteiger partial charge is 0.377 e. The van der Waals surface area contributed by atoms with E-state index in [1.165, 1.54) is 5.57 Å². The molecule has 2 fully saturated rings. The number of carbonyl (C=O) groups is 2. The fourth-order valence-electron chi connectivity index (χ4n) is 5.63. The third-order valence-electron chi connectivity index (χ3n) is 7.04. The number of Topliss-reactive ketones (excluding diaryl/α,β-unsaturated/α-hetero) is 1. The van der Waals surface area contributed by atoms with Gasteiger partial charge in [0.15, 0.2) is 11.4 Å². The minimum absolute atomic E-state index is 0.103. The van der Waals surface area contributed by atoms with Crippen LogP contribution in [0.25, 0.3) is 0 Å². The highest BCUT2D eigenvalue weighted by molar-refractivity contribution is 5.99. The standard InChI is InChI=1S/C20H28O3/c1-12(2)15-7-8-19(4)10-17-13(3)9-18(22)20(17,23)14(11-21)5-6-16(15)19/h5,11,13,15-17,23H,1,6-10H2,2-4H3/b14-5-/t13-,15-,16?,17-,19-,20+/m1/s1. The highest BCUT2D eigenvalue weighted by Gasteiger charge is 2.59. The molecule has 0 saturated heterocycles. The zero-order chi connectivity index (χ0) is 17.0. The number of carbonyl (C=O) groups excluding carboxylic acids is 2. The van der Waals surface area contributed by atoms with Crippen molar-refractivity contribution in [1.29, 1.82) is 0 Å². The Bertz CT molecular complexity index is 590. The van der Waals surface area contributed by atoms with Crippen molar-refractivity contribution in [2.45, 2.75) is 58.5 Å². The molecular formula is C20H28O3. The van der Waals surface area contributed by atoms with Crippen LogP contribution in [0.15, 0.2) is 23.8 Å². The van der Waals surface area contributed by atoms with Crippen molar-refractivity contribution >= 4 is 12.1 Å². The van der Waals surface area contributed by atoms with Crippen LogP contribution >= 0.6 is 0 Å². The average molecular weight is 316 g/mol. The van der Waals surface area contributed by atoms with Crippen molar-refractivity contribution in [3.05, 3.63) is 23.8 Å². The van der Waals surface area contributed by atoms with E-state index in [0.717, 1.165) is 25.7 Å². The van der Waals surface area contributed by atoms with E-state index < -0.39 is 5.60 Å². The minimum atomic E-state index is -1.56. The van der Waals surface area contributed by atoms with Crippen LogP contribution in [-0.4, -0.2) is 22.8 Å². The molecule has 3 nitrogen and oxygen atoms in total. The lowest BCUT2D eigenvalue weighted by Crippen LogP contribution is -2.47. The van der Waals surface area contributed by atoms with Gasteiger partial charge in [0.2, 0.25) is 0 Å². The molecule has 0 aromatic carbocycles. The monoisotopic (exact) mass is 316 g/mol. The maximum absolute atomic E-state index is 12.5. The van der Waals surface area contributed by atoms with Crippen LogP contribution in [0.1, 0.15) is 52.9 Å². The SMILES string of the molecule is C=C(C)[C@H]1CC[C@]2(C)C[C@@H]3[C@H](C)CC(=O)[C@]3(O)/C(C=O)=C\CC12. The van der Waals surface area contributed by atoms with Crippen LogP contribution in [-0.2, 0) is 9.59 Å². The molecule has 0 bridgehead atoms. The van der Waals surface area contributed by atoms with E-state index >= 15 is 0 Å². The molecule has 0 amide bonds. The first-order valence-corrected chi connectivity index (χ1v) is 8.81. The van der Waals surface area contributed by atoms with Crippen LogP contribution in [0, 0.1) is 29.1 Å². The van der Waals surface area contributed by atoms with Gasteiger partial charge in [0.05, 0.1) is 0 Å². The van der Waals surface area contributed by atoms with Crippen molar-refractivity contribution in [3.63, 3.8) is 0 Å². The van der Waals surface area contributed by atoms with Crippen LogP contribution in [0.4, 0.5) is 0 Å². The van der Waals surface area contributed by atoms with Crippen molar-refractivity contribution in [2.75, 3.05) is 0 Å². The molecule has 3 aliphatic carbocycles. The van der Waals surface area contributed by atoms with Gasteiger partial charge in [-0.2, -0.15) is 0 Å². The summed E-state index contributed by atoms with van der Waals surface area (Å²) in [7, 11) is 0. The van der Waals surface area contributed by atoms with E-state index in [-0.39, 0.29) is 23.0 Å². The Labute approximate surface area is 138 Å². The molecule has 0 radical (unpaired) electrons. The van der Waals surface area contributed by atoms with E-state index in [1.807, 2.05) is 13.0 Å². The lowest BCUT2D eigenvalue weighted by atomic mass is 9.63. The number of hydrogen-bond acceptors (Lipinski definition) is 3. The molecule has 6 atom stereocenters. The molecule has 0 aliphatic heterocycles. The Hall–Kier alpha value is -1.22. The number of aldehydes is 1. The van der Waals surface area contributed by atoms with E-state index in [2.05, 4.69) is 20.4 Å². The smallest absolute Gasteiger partial charge is 0.169 e. The van der Waals surface area contributed by atoms with Gasteiger partial charge < -0.3 is 5.11 Å². The number of hydrogen-bond donors (Lipinski definition) is 1. The first-order chi connectivity index (χ1) is 10.7. The molecule has 0 aromatic heterocycles. The van der Waals surface area contributed by atoms with E-state index in [4.69, 9.17) is 0 Å². The highest BCUT2D eigenvalue weighted by Crippen LogP contribution is 2.59. The summed E-state index contributed by atoms with van der Waals surface area (Å²) in [6.45, 7) is 10.6. The summed E-state index contributed by atoms with van der Waals surface area (Å²) in [5.74, 6) is 0.716. The predicted molar refractivity (Wildman–Crippen MR) is 89.7 cm³/mol. The average Bonchev–Trinajstić information content (AvgIpc) is 2.89. The first-order valence-electron chi connectivity index (χ1n) is 8.81. The van der Waals surface area contributed by atoms with Gasteiger partial charge in [0.1, 0.15) is 6.29 Å². The molecule has 3 heteroatoms. The molecule has 3 aliphatic rings. The number of rotatable bonds is 2. The van der Waals surface area contributed by atoms with Crippen LogP contribution in [0.3, 0.4) is 0 Å². The third kappa shape index (κ3) is 2.27. The van der Waals surface area contributed by atoms with Crippen molar-refractivity contribution in [1.82, 2.24) is 0 Å². The van der Waals surface area contributed by atoms with Gasteiger partial charge in [0, 0.05) is 17.9 Å². The van der Waals surface area contributed by atoms with E-state index in [9.17, 15) is 14.7 Å². The molecule has 0 aromatic rings. The second kappa shape index (κ2) is 5.41. The Morgan fingerprint density at radius 1 is 1.43 bits per heavy atom. The van der Waals surface area contributed by atoms with Gasteiger partial charge in [-0.25, -0.2) is 0 Å². The van der Waals surface area contributed by atoms with Gasteiger partial charge >= 0.3 is 0 Å². The molecule has 1 N–H and O–H groups in total. The number of fused-ring (bicyclic) bond motifs is 2. The maximum Gasteiger partial charge on any atom is 0.169 e. The van der Waals surface area contributed by atoms with Crippen molar-refractivity contribution in [2.24, 2.45) is 29.1 Å². The first kappa shape index (κ1) is 16.6. The molecule has 3 rings (SSSR count). The normalized spacial score (nSPS) is 48.7. The number of aliphatic hydroxyl groups is 1. The maximum atomic E-state index is 12.5. The van der Waals surface area contributed by atoms with Gasteiger partial charge in [-0.3, -0.25) is 9.59 Å². The topological polar surface area (TPSA) is 54.4 Å². The molecule has 1 unspecified atom stereocenters. The molecule has 2 saturated carbocycles. The highest BCUT2D eigenvalue weighted by atomic mass is 16.3.